The predicted octanol–water partition coefficient (Wildman–Crippen LogP) is 1.26. The van der Waals surface area contributed by atoms with Crippen LogP contribution in [-0.2, 0) is 9.63 Å². The van der Waals surface area contributed by atoms with Crippen LogP contribution in [0, 0.1) is 5.92 Å². The lowest BCUT2D eigenvalue weighted by molar-refractivity contribution is -0.137. The fourth-order valence-electron chi connectivity index (χ4n) is 1.51. The van der Waals surface area contributed by atoms with Gasteiger partial charge in [0.1, 0.15) is 0 Å². The largest absolute Gasteiger partial charge is 0.272 e. The van der Waals surface area contributed by atoms with Crippen LogP contribution in [0.25, 0.3) is 0 Å². The molecule has 0 N–H and O–H groups in total. The van der Waals surface area contributed by atoms with Gasteiger partial charge in [0.15, 0.2) is 0 Å². The summed E-state index contributed by atoms with van der Waals surface area (Å²) in [6, 6.07) is 0. The molecule has 1 fully saturated rings. The van der Waals surface area contributed by atoms with E-state index in [4.69, 9.17) is 0 Å². The third-order valence-electron chi connectivity index (χ3n) is 2.14. The molecule has 1 rings (SSSR count). The highest BCUT2D eigenvalue weighted by Gasteiger charge is 2.21. The van der Waals surface area contributed by atoms with E-state index in [2.05, 4.69) is 10.3 Å². The number of hydrogen-bond acceptors (Lipinski definition) is 2. The Hall–Kier alpha value is -0.570. The third-order valence-corrected chi connectivity index (χ3v) is 2.14. The fourth-order valence-corrected chi connectivity index (χ4v) is 1.51. The van der Waals surface area contributed by atoms with Crippen LogP contribution in [0.3, 0.4) is 0 Å². The number of nitrogens with zero attached hydrogens (tertiary/aromatic N) is 1. The summed E-state index contributed by atoms with van der Waals surface area (Å²) in [5.74, 6) is 0.0656. The number of hydrogen-bond donors (Lipinski definition) is 0. The van der Waals surface area contributed by atoms with E-state index in [9.17, 15) is 4.79 Å². The Morgan fingerprint density at radius 1 is 1.36 bits per heavy atom. The van der Waals surface area contributed by atoms with E-state index in [-0.39, 0.29) is 11.8 Å². The maximum absolute atomic E-state index is 11.1. The van der Waals surface area contributed by atoms with Crippen LogP contribution < -0.4 is 5.48 Å². The molecule has 0 aromatic carbocycles. The van der Waals surface area contributed by atoms with Gasteiger partial charge < -0.3 is 0 Å². The summed E-state index contributed by atoms with van der Waals surface area (Å²) in [6.07, 6.45) is 5.57. The Morgan fingerprint density at radius 3 is 2.55 bits per heavy atom. The minimum absolute atomic E-state index is 0.0767. The average Bonchev–Trinajstić information content (AvgIpc) is 2.07. The first-order valence-corrected chi connectivity index (χ1v) is 4.12. The van der Waals surface area contributed by atoms with Crippen LogP contribution in [0.4, 0.5) is 0 Å². The molecule has 1 aliphatic carbocycles. The summed E-state index contributed by atoms with van der Waals surface area (Å²) in [7, 11) is 1.42. The van der Waals surface area contributed by atoms with Crippen LogP contribution in [0.1, 0.15) is 32.1 Å². The molecule has 0 bridgehead atoms. The number of carbonyl (C=O) groups excluding carboxylic acids is 1. The molecular weight excluding hydrogens is 142 g/mol. The maximum atomic E-state index is 11.1. The number of rotatable bonds is 2. The van der Waals surface area contributed by atoms with Crippen LogP contribution in [0.15, 0.2) is 0 Å². The molecule has 1 amide bonds. The lowest BCUT2D eigenvalue weighted by Crippen LogP contribution is -2.25. The molecular formula is C8H14NO2. The maximum Gasteiger partial charge on any atom is 0.272 e. The van der Waals surface area contributed by atoms with E-state index in [1.54, 1.807) is 0 Å². The van der Waals surface area contributed by atoms with Gasteiger partial charge in [-0.05, 0) is 12.8 Å². The van der Waals surface area contributed by atoms with Gasteiger partial charge in [-0.1, -0.05) is 24.7 Å². The van der Waals surface area contributed by atoms with Crippen molar-refractivity contribution in [1.29, 1.82) is 0 Å². The van der Waals surface area contributed by atoms with Gasteiger partial charge >= 0.3 is 0 Å². The molecule has 1 saturated carbocycles. The SMILES string of the molecule is CO[N]C(=O)C1CCCCC1. The van der Waals surface area contributed by atoms with E-state index < -0.39 is 0 Å². The van der Waals surface area contributed by atoms with Gasteiger partial charge in [0.2, 0.25) is 0 Å². The molecule has 0 unspecified atom stereocenters. The Kier molecular flexibility index (Phi) is 3.36. The molecule has 0 spiro atoms. The van der Waals surface area contributed by atoms with Crippen molar-refractivity contribution in [2.75, 3.05) is 7.11 Å². The molecule has 3 nitrogen and oxygen atoms in total. The summed E-state index contributed by atoms with van der Waals surface area (Å²) >= 11 is 0. The van der Waals surface area contributed by atoms with Gasteiger partial charge in [-0.15, -0.1) is 0 Å². The van der Waals surface area contributed by atoms with Crippen molar-refractivity contribution in [3.8, 4) is 0 Å². The van der Waals surface area contributed by atoms with Crippen LogP contribution >= 0.6 is 0 Å². The molecule has 1 aliphatic rings. The Balaban J connectivity index is 2.27. The molecule has 1 radical (unpaired) electrons. The topological polar surface area (TPSA) is 40.4 Å². The van der Waals surface area contributed by atoms with Crippen molar-refractivity contribution < 1.29 is 9.63 Å². The normalized spacial score (nSPS) is 19.7. The van der Waals surface area contributed by atoms with Crippen molar-refractivity contribution in [3.05, 3.63) is 0 Å². The summed E-state index contributed by atoms with van der Waals surface area (Å²) < 4.78 is 0. The molecule has 11 heavy (non-hydrogen) atoms. The highest BCUT2D eigenvalue weighted by atomic mass is 16.6. The monoisotopic (exact) mass is 156 g/mol. The zero-order chi connectivity index (χ0) is 8.10. The van der Waals surface area contributed by atoms with E-state index in [0.717, 1.165) is 25.7 Å². The fraction of sp³-hybridized carbons (Fsp3) is 0.875. The van der Waals surface area contributed by atoms with Gasteiger partial charge in [-0.2, -0.15) is 0 Å². The lowest BCUT2D eigenvalue weighted by atomic mass is 9.89. The smallest absolute Gasteiger partial charge is 0.270 e. The van der Waals surface area contributed by atoms with Crippen molar-refractivity contribution in [3.63, 3.8) is 0 Å². The minimum Gasteiger partial charge on any atom is -0.270 e. The molecule has 0 aliphatic heterocycles. The van der Waals surface area contributed by atoms with Gasteiger partial charge in [0, 0.05) is 5.92 Å². The zero-order valence-corrected chi connectivity index (χ0v) is 6.88. The summed E-state index contributed by atoms with van der Waals surface area (Å²) in [6.45, 7) is 0. The van der Waals surface area contributed by atoms with Crippen molar-refractivity contribution in [2.24, 2.45) is 5.92 Å². The number of carbonyl (C=O) groups is 1. The third kappa shape index (κ3) is 2.50. The van der Waals surface area contributed by atoms with Gasteiger partial charge in [0.25, 0.3) is 5.91 Å². The second-order valence-corrected chi connectivity index (χ2v) is 2.95. The number of hydroxylamine groups is 1. The van der Waals surface area contributed by atoms with Crippen molar-refractivity contribution in [1.82, 2.24) is 5.48 Å². The summed E-state index contributed by atoms with van der Waals surface area (Å²) in [4.78, 5) is 15.5. The molecule has 0 heterocycles. The first-order valence-electron chi connectivity index (χ1n) is 4.12. The first kappa shape index (κ1) is 8.53. The zero-order valence-electron chi connectivity index (χ0n) is 6.88. The van der Waals surface area contributed by atoms with Crippen molar-refractivity contribution in [2.45, 2.75) is 32.1 Å². The standard InChI is InChI=1S/C8H14NO2/c1-11-9-8(10)7-5-3-2-4-6-7/h7H,2-6H2,1H3. The minimum atomic E-state index is -0.0767. The molecule has 3 heteroatoms. The molecule has 0 aromatic rings. The highest BCUT2D eigenvalue weighted by Crippen LogP contribution is 2.23. The second kappa shape index (κ2) is 4.34. The molecule has 0 aromatic heterocycles. The van der Waals surface area contributed by atoms with Crippen LogP contribution in [-0.4, -0.2) is 13.0 Å². The van der Waals surface area contributed by atoms with Crippen LogP contribution in [0.5, 0.6) is 0 Å². The predicted molar refractivity (Wildman–Crippen MR) is 40.7 cm³/mol. The van der Waals surface area contributed by atoms with Crippen molar-refractivity contribution >= 4 is 5.91 Å². The molecule has 0 saturated heterocycles. The first-order chi connectivity index (χ1) is 5.34. The van der Waals surface area contributed by atoms with E-state index >= 15 is 0 Å². The summed E-state index contributed by atoms with van der Waals surface area (Å²) in [5.41, 5.74) is 3.41. The Morgan fingerprint density at radius 2 is 2.00 bits per heavy atom. The van der Waals surface area contributed by atoms with Gasteiger partial charge in [-0.3, -0.25) is 9.63 Å². The second-order valence-electron chi connectivity index (χ2n) is 2.95. The Bertz CT molecular complexity index is 130. The quantitative estimate of drug-likeness (QED) is 0.565. The summed E-state index contributed by atoms with van der Waals surface area (Å²) in [5, 5.41) is 0. The highest BCUT2D eigenvalue weighted by molar-refractivity contribution is 5.77. The van der Waals surface area contributed by atoms with Crippen LogP contribution in [0.2, 0.25) is 0 Å². The number of amides is 1. The van der Waals surface area contributed by atoms with Gasteiger partial charge in [-0.25, -0.2) is 0 Å². The van der Waals surface area contributed by atoms with Gasteiger partial charge in [0.05, 0.1) is 7.11 Å². The van der Waals surface area contributed by atoms with E-state index in [0.29, 0.717) is 0 Å². The lowest BCUT2D eigenvalue weighted by Gasteiger charge is -2.18. The molecule has 63 valence electrons. The van der Waals surface area contributed by atoms with E-state index in [1.165, 1.54) is 13.5 Å². The Labute approximate surface area is 67.1 Å². The average molecular weight is 156 g/mol. The van der Waals surface area contributed by atoms with E-state index in [1.807, 2.05) is 0 Å². The molecule has 0 atom stereocenters.